The molecule has 8 N–H and O–H groups in total. The van der Waals surface area contributed by atoms with E-state index >= 15 is 0 Å². The van der Waals surface area contributed by atoms with Gasteiger partial charge < -0.3 is 37.1 Å². The molecule has 1 fully saturated rings. The topological polar surface area (TPSA) is 214 Å². The van der Waals surface area contributed by atoms with E-state index in [1.165, 1.54) is 17.4 Å². The molecule has 0 spiro atoms. The molecule has 2 rings (SSSR count). The molecule has 0 aromatic carbocycles. The molecule has 1 aromatic rings. The Bertz CT molecular complexity index is 904. The number of rotatable bonds is 13. The maximum absolute atomic E-state index is 13.3. The predicted molar refractivity (Wildman–Crippen MR) is 124 cm³/mol. The Hall–Kier alpha value is -3.48. The zero-order valence-electron chi connectivity index (χ0n) is 20.0. The third kappa shape index (κ3) is 8.35. The molecular formula is C22H35N7O6. The van der Waals surface area contributed by atoms with Gasteiger partial charge >= 0.3 is 5.97 Å². The van der Waals surface area contributed by atoms with E-state index < -0.39 is 53.8 Å². The van der Waals surface area contributed by atoms with Gasteiger partial charge in [0, 0.05) is 31.3 Å². The molecule has 0 bridgehead atoms. The van der Waals surface area contributed by atoms with Crippen LogP contribution in [0, 0.1) is 5.92 Å². The largest absolute Gasteiger partial charge is 0.480 e. The van der Waals surface area contributed by atoms with Crippen LogP contribution >= 0.6 is 0 Å². The number of carbonyl (C=O) groups excluding carboxylic acids is 4. The highest BCUT2D eigenvalue weighted by atomic mass is 16.4. The zero-order valence-corrected chi connectivity index (χ0v) is 20.0. The Morgan fingerprint density at radius 1 is 1.23 bits per heavy atom. The fourth-order valence-electron chi connectivity index (χ4n) is 4.03. The molecule has 0 unspecified atom stereocenters. The lowest BCUT2D eigenvalue weighted by atomic mass is 10.0. The summed E-state index contributed by atoms with van der Waals surface area (Å²) in [4.78, 5) is 69.8. The molecule has 1 saturated heterocycles. The smallest absolute Gasteiger partial charge is 0.326 e. The number of carbonyl (C=O) groups is 5. The van der Waals surface area contributed by atoms with E-state index in [4.69, 9.17) is 11.5 Å². The fraction of sp³-hybridized carbons (Fsp3) is 0.636. The summed E-state index contributed by atoms with van der Waals surface area (Å²) in [7, 11) is 0. The number of carboxylic acid groups (broad SMARTS) is 1. The second-order valence-electron chi connectivity index (χ2n) is 9.17. The summed E-state index contributed by atoms with van der Waals surface area (Å²) < 4.78 is 0. The Balaban J connectivity index is 2.12. The molecule has 13 nitrogen and oxygen atoms in total. The van der Waals surface area contributed by atoms with Crippen molar-refractivity contribution in [2.75, 3.05) is 6.54 Å². The highest BCUT2D eigenvalue weighted by molar-refractivity contribution is 5.94. The summed E-state index contributed by atoms with van der Waals surface area (Å²) in [6.07, 6.45) is 3.92. The SMILES string of the molecule is CC(C)C[C@H](N)C(=O)N[C@@H](CCC(N)=O)C(=O)N1CCC[C@H]1C(=O)N[C@@H](Cc1cnc[nH]1)C(=O)O. The minimum Gasteiger partial charge on any atom is -0.480 e. The Labute approximate surface area is 203 Å². The molecule has 1 aliphatic heterocycles. The number of aromatic amines is 1. The van der Waals surface area contributed by atoms with Crippen molar-refractivity contribution in [3.8, 4) is 0 Å². The number of nitrogens with two attached hydrogens (primary N) is 2. The van der Waals surface area contributed by atoms with Crippen molar-refractivity contribution in [2.24, 2.45) is 17.4 Å². The van der Waals surface area contributed by atoms with Crippen LogP contribution in [0.5, 0.6) is 0 Å². The number of nitrogens with zero attached hydrogens (tertiary/aromatic N) is 2. The molecule has 13 heteroatoms. The number of likely N-dealkylation sites (tertiary alicyclic amines) is 1. The van der Waals surface area contributed by atoms with Crippen molar-refractivity contribution in [1.29, 1.82) is 0 Å². The average Bonchev–Trinajstić information content (AvgIpc) is 3.46. The van der Waals surface area contributed by atoms with Gasteiger partial charge in [-0.3, -0.25) is 19.2 Å². The second kappa shape index (κ2) is 12.8. The first-order chi connectivity index (χ1) is 16.5. The highest BCUT2D eigenvalue weighted by Gasteiger charge is 2.39. The van der Waals surface area contributed by atoms with E-state index in [9.17, 15) is 29.1 Å². The summed E-state index contributed by atoms with van der Waals surface area (Å²) in [5.41, 5.74) is 11.7. The van der Waals surface area contributed by atoms with Gasteiger partial charge in [0.1, 0.15) is 18.1 Å². The average molecular weight is 494 g/mol. The van der Waals surface area contributed by atoms with Gasteiger partial charge in [0.15, 0.2) is 0 Å². The van der Waals surface area contributed by atoms with Gasteiger partial charge in [0.25, 0.3) is 0 Å². The van der Waals surface area contributed by atoms with Gasteiger partial charge in [-0.05, 0) is 31.6 Å². The van der Waals surface area contributed by atoms with Crippen molar-refractivity contribution >= 4 is 29.6 Å². The zero-order chi connectivity index (χ0) is 26.1. The molecule has 0 aliphatic carbocycles. The number of nitrogens with one attached hydrogen (secondary N) is 3. The van der Waals surface area contributed by atoms with E-state index in [-0.39, 0.29) is 31.7 Å². The molecule has 2 heterocycles. The molecule has 4 amide bonds. The lowest BCUT2D eigenvalue weighted by molar-refractivity contribution is -0.145. The Morgan fingerprint density at radius 2 is 1.94 bits per heavy atom. The van der Waals surface area contributed by atoms with Crippen LogP contribution in [0.1, 0.15) is 51.6 Å². The number of H-pyrrole nitrogens is 1. The number of hydrogen-bond donors (Lipinski definition) is 6. The molecule has 0 saturated carbocycles. The molecule has 4 atom stereocenters. The minimum atomic E-state index is -1.23. The van der Waals surface area contributed by atoms with Gasteiger partial charge in [-0.15, -0.1) is 0 Å². The second-order valence-corrected chi connectivity index (χ2v) is 9.17. The maximum atomic E-state index is 13.3. The number of primary amides is 1. The van der Waals surface area contributed by atoms with E-state index in [0.29, 0.717) is 25.0 Å². The molecule has 1 aromatic heterocycles. The third-order valence-corrected chi connectivity index (χ3v) is 5.79. The number of aromatic nitrogens is 2. The summed E-state index contributed by atoms with van der Waals surface area (Å²) >= 11 is 0. The van der Waals surface area contributed by atoms with Crippen LogP contribution in [0.25, 0.3) is 0 Å². The van der Waals surface area contributed by atoms with Gasteiger partial charge in [-0.1, -0.05) is 13.8 Å². The first kappa shape index (κ1) is 27.8. The van der Waals surface area contributed by atoms with Crippen molar-refractivity contribution < 1.29 is 29.1 Å². The molecule has 0 radical (unpaired) electrons. The van der Waals surface area contributed by atoms with Crippen LogP contribution in [-0.2, 0) is 30.4 Å². The van der Waals surface area contributed by atoms with Crippen LogP contribution < -0.4 is 22.1 Å². The van der Waals surface area contributed by atoms with Gasteiger partial charge in [-0.25, -0.2) is 9.78 Å². The van der Waals surface area contributed by atoms with Crippen molar-refractivity contribution in [2.45, 2.75) is 76.5 Å². The van der Waals surface area contributed by atoms with Crippen LogP contribution in [0.15, 0.2) is 12.5 Å². The third-order valence-electron chi connectivity index (χ3n) is 5.79. The molecular weight excluding hydrogens is 458 g/mol. The number of hydrogen-bond acceptors (Lipinski definition) is 7. The van der Waals surface area contributed by atoms with Crippen molar-refractivity contribution in [3.05, 3.63) is 18.2 Å². The molecule has 1 aliphatic rings. The van der Waals surface area contributed by atoms with E-state index in [2.05, 4.69) is 20.6 Å². The first-order valence-electron chi connectivity index (χ1n) is 11.6. The Kier molecular flexibility index (Phi) is 10.2. The summed E-state index contributed by atoms with van der Waals surface area (Å²) in [6, 6.07) is -4.07. The normalized spacial score (nSPS) is 18.1. The molecule has 194 valence electrons. The summed E-state index contributed by atoms with van der Waals surface area (Å²) in [6.45, 7) is 4.07. The van der Waals surface area contributed by atoms with Gasteiger partial charge in [-0.2, -0.15) is 0 Å². The number of amides is 4. The quantitative estimate of drug-likeness (QED) is 0.192. The fourth-order valence-corrected chi connectivity index (χ4v) is 4.03. The number of carboxylic acids is 1. The van der Waals surface area contributed by atoms with Gasteiger partial charge in [0.05, 0.1) is 12.4 Å². The van der Waals surface area contributed by atoms with E-state index in [0.717, 1.165) is 0 Å². The van der Waals surface area contributed by atoms with Crippen LogP contribution in [-0.4, -0.2) is 80.3 Å². The highest BCUT2D eigenvalue weighted by Crippen LogP contribution is 2.20. The van der Waals surface area contributed by atoms with E-state index in [1.54, 1.807) is 0 Å². The minimum absolute atomic E-state index is 0.00717. The van der Waals surface area contributed by atoms with Crippen LogP contribution in [0.3, 0.4) is 0 Å². The lowest BCUT2D eigenvalue weighted by Crippen LogP contribution is -2.57. The standard InChI is InChI=1S/C22H35N7O6/c1-12(2)8-14(23)19(31)27-15(5-6-18(24)30)21(33)29-7-3-4-17(29)20(32)28-16(22(34)35)9-13-10-25-11-26-13/h10-12,14-17H,3-9,23H2,1-2H3,(H2,24,30)(H,25,26)(H,27,31)(H,28,32)(H,34,35)/t14-,15-,16-,17-/m0/s1. The Morgan fingerprint density at radius 3 is 2.51 bits per heavy atom. The summed E-state index contributed by atoms with van der Waals surface area (Å²) in [5.74, 6) is -3.40. The molecule has 35 heavy (non-hydrogen) atoms. The number of aliphatic carboxylic acids is 1. The van der Waals surface area contributed by atoms with Crippen LogP contribution in [0.4, 0.5) is 0 Å². The van der Waals surface area contributed by atoms with E-state index in [1.807, 2.05) is 13.8 Å². The van der Waals surface area contributed by atoms with Gasteiger partial charge in [0.2, 0.25) is 23.6 Å². The maximum Gasteiger partial charge on any atom is 0.326 e. The van der Waals surface area contributed by atoms with Crippen molar-refractivity contribution in [3.63, 3.8) is 0 Å². The lowest BCUT2D eigenvalue weighted by Gasteiger charge is -2.30. The van der Waals surface area contributed by atoms with Crippen molar-refractivity contribution in [1.82, 2.24) is 25.5 Å². The first-order valence-corrected chi connectivity index (χ1v) is 11.6. The summed E-state index contributed by atoms with van der Waals surface area (Å²) in [5, 5.41) is 14.6. The number of imidazole rings is 1. The monoisotopic (exact) mass is 493 g/mol. The predicted octanol–water partition coefficient (Wildman–Crippen LogP) is -1.36. The van der Waals surface area contributed by atoms with Crippen LogP contribution in [0.2, 0.25) is 0 Å².